The molecule has 2 aromatic rings. The molecule has 136 valence electrons. The number of rotatable bonds is 5. The molecule has 1 aliphatic rings. The lowest BCUT2D eigenvalue weighted by Gasteiger charge is -2.20. The number of anilines is 1. The van der Waals surface area contributed by atoms with Crippen LogP contribution in [0.2, 0.25) is 0 Å². The van der Waals surface area contributed by atoms with Gasteiger partial charge in [-0.25, -0.2) is 13.2 Å². The van der Waals surface area contributed by atoms with Gasteiger partial charge in [0.15, 0.2) is 11.5 Å². The summed E-state index contributed by atoms with van der Waals surface area (Å²) in [6, 6.07) is 9.04. The van der Waals surface area contributed by atoms with E-state index in [1.54, 1.807) is 12.1 Å². The number of hydrogen-bond donors (Lipinski definition) is 2. The summed E-state index contributed by atoms with van der Waals surface area (Å²) in [4.78, 5) is 10.6. The molecule has 0 radical (unpaired) electrons. The van der Waals surface area contributed by atoms with Crippen molar-refractivity contribution in [3.8, 4) is 11.5 Å². The molecule has 0 spiro atoms. The lowest BCUT2D eigenvalue weighted by Crippen LogP contribution is -2.17. The van der Waals surface area contributed by atoms with Crippen molar-refractivity contribution >= 4 is 43.7 Å². The van der Waals surface area contributed by atoms with E-state index in [2.05, 4.69) is 20.7 Å². The van der Waals surface area contributed by atoms with Crippen LogP contribution in [0.5, 0.6) is 11.5 Å². The van der Waals surface area contributed by atoms with Crippen LogP contribution in [-0.2, 0) is 14.8 Å². The van der Waals surface area contributed by atoms with Crippen molar-refractivity contribution in [3.05, 3.63) is 52.5 Å². The highest BCUT2D eigenvalue weighted by molar-refractivity contribution is 9.10. The van der Waals surface area contributed by atoms with Crippen molar-refractivity contribution in [1.82, 2.24) is 0 Å². The molecule has 0 atom stereocenters. The average Bonchev–Trinajstić information content (AvgIpc) is 2.61. The standard InChI is InChI=1S/C17H14BrNO6S/c18-13-9-15-16(25-8-7-24-15)10-14(13)19-26(22,23)12-4-1-11(2-5-12)3-6-17(20)21/h1-6,9-10,19H,7-8H2,(H,20,21)/b6-3+. The second-order valence-corrected chi connectivity index (χ2v) is 7.86. The number of fused-ring (bicyclic) bond motifs is 1. The number of carbonyl (C=O) groups is 1. The van der Waals surface area contributed by atoms with Gasteiger partial charge in [-0.2, -0.15) is 0 Å². The van der Waals surface area contributed by atoms with E-state index in [0.29, 0.717) is 40.4 Å². The van der Waals surface area contributed by atoms with Gasteiger partial charge in [-0.15, -0.1) is 0 Å². The zero-order valence-corrected chi connectivity index (χ0v) is 15.7. The van der Waals surface area contributed by atoms with E-state index in [1.165, 1.54) is 30.3 Å². The van der Waals surface area contributed by atoms with Gasteiger partial charge in [-0.3, -0.25) is 4.72 Å². The van der Waals surface area contributed by atoms with Crippen LogP contribution in [0, 0.1) is 0 Å². The van der Waals surface area contributed by atoms with Crippen molar-refractivity contribution in [1.29, 1.82) is 0 Å². The van der Waals surface area contributed by atoms with Gasteiger partial charge < -0.3 is 14.6 Å². The second-order valence-electron chi connectivity index (χ2n) is 5.32. The molecule has 0 fully saturated rings. The van der Waals surface area contributed by atoms with E-state index in [-0.39, 0.29) is 4.90 Å². The van der Waals surface area contributed by atoms with Gasteiger partial charge in [0.2, 0.25) is 0 Å². The third-order valence-electron chi connectivity index (χ3n) is 3.48. The number of benzene rings is 2. The Labute approximate surface area is 158 Å². The molecule has 1 aliphatic heterocycles. The van der Waals surface area contributed by atoms with Gasteiger partial charge in [-0.1, -0.05) is 12.1 Å². The van der Waals surface area contributed by atoms with Crippen molar-refractivity contribution in [2.75, 3.05) is 17.9 Å². The smallest absolute Gasteiger partial charge is 0.328 e. The summed E-state index contributed by atoms with van der Waals surface area (Å²) in [6.07, 6.45) is 2.36. The summed E-state index contributed by atoms with van der Waals surface area (Å²) in [7, 11) is -3.83. The zero-order valence-electron chi connectivity index (χ0n) is 13.3. The minimum absolute atomic E-state index is 0.0479. The predicted molar refractivity (Wildman–Crippen MR) is 99.1 cm³/mol. The van der Waals surface area contributed by atoms with Crippen LogP contribution in [0.3, 0.4) is 0 Å². The van der Waals surface area contributed by atoms with Crippen LogP contribution >= 0.6 is 15.9 Å². The molecule has 0 bridgehead atoms. The Kier molecular flexibility index (Phi) is 5.19. The summed E-state index contributed by atoms with van der Waals surface area (Å²) in [5.74, 6) is -0.0706. The molecule has 2 aromatic carbocycles. The van der Waals surface area contributed by atoms with Gasteiger partial charge in [0.05, 0.1) is 10.6 Å². The first-order chi connectivity index (χ1) is 12.3. The Morgan fingerprint density at radius 3 is 2.35 bits per heavy atom. The fourth-order valence-electron chi connectivity index (χ4n) is 2.27. The third-order valence-corrected chi connectivity index (χ3v) is 5.52. The number of sulfonamides is 1. The van der Waals surface area contributed by atoms with E-state index < -0.39 is 16.0 Å². The minimum atomic E-state index is -3.83. The predicted octanol–water partition coefficient (Wildman–Crippen LogP) is 3.12. The maximum absolute atomic E-state index is 12.6. The van der Waals surface area contributed by atoms with Crippen LogP contribution < -0.4 is 14.2 Å². The number of ether oxygens (including phenoxy) is 2. The van der Waals surface area contributed by atoms with E-state index in [4.69, 9.17) is 14.6 Å². The SMILES string of the molecule is O=C(O)/C=C/c1ccc(S(=O)(=O)Nc2cc3c(cc2Br)OCCO3)cc1. The molecule has 26 heavy (non-hydrogen) atoms. The first kappa shape index (κ1) is 18.3. The lowest BCUT2D eigenvalue weighted by atomic mass is 10.2. The van der Waals surface area contributed by atoms with Gasteiger partial charge >= 0.3 is 5.97 Å². The quantitative estimate of drug-likeness (QED) is 0.693. The van der Waals surface area contributed by atoms with Crippen LogP contribution in [0.25, 0.3) is 6.08 Å². The van der Waals surface area contributed by atoms with Crippen LogP contribution in [0.4, 0.5) is 5.69 Å². The van der Waals surface area contributed by atoms with E-state index >= 15 is 0 Å². The van der Waals surface area contributed by atoms with Crippen molar-refractivity contribution in [2.45, 2.75) is 4.90 Å². The van der Waals surface area contributed by atoms with E-state index in [0.717, 1.165) is 6.08 Å². The number of carboxylic acids is 1. The molecule has 0 amide bonds. The van der Waals surface area contributed by atoms with Crippen molar-refractivity contribution < 1.29 is 27.8 Å². The molecule has 0 aromatic heterocycles. The molecule has 7 nitrogen and oxygen atoms in total. The van der Waals surface area contributed by atoms with Crippen molar-refractivity contribution in [3.63, 3.8) is 0 Å². The fourth-order valence-corrected chi connectivity index (χ4v) is 3.89. The van der Waals surface area contributed by atoms with Gasteiger partial charge in [0.25, 0.3) is 10.0 Å². The summed E-state index contributed by atoms with van der Waals surface area (Å²) < 4.78 is 39.1. The van der Waals surface area contributed by atoms with Crippen LogP contribution in [-0.4, -0.2) is 32.7 Å². The number of hydrogen-bond acceptors (Lipinski definition) is 5. The van der Waals surface area contributed by atoms with Crippen LogP contribution in [0.1, 0.15) is 5.56 Å². The second kappa shape index (κ2) is 7.38. The van der Waals surface area contributed by atoms with E-state index in [9.17, 15) is 13.2 Å². The monoisotopic (exact) mass is 439 g/mol. The number of halogens is 1. The summed E-state index contributed by atoms with van der Waals surface area (Å²) >= 11 is 3.32. The van der Waals surface area contributed by atoms with Crippen molar-refractivity contribution in [2.24, 2.45) is 0 Å². The molecule has 0 aliphatic carbocycles. The normalized spacial score (nSPS) is 13.6. The highest BCUT2D eigenvalue weighted by atomic mass is 79.9. The molecule has 0 saturated carbocycles. The third kappa shape index (κ3) is 4.17. The topological polar surface area (TPSA) is 102 Å². The Morgan fingerprint density at radius 2 is 1.73 bits per heavy atom. The first-order valence-electron chi connectivity index (χ1n) is 7.48. The van der Waals surface area contributed by atoms with Crippen LogP contribution in [0.15, 0.2) is 51.8 Å². The Balaban J connectivity index is 1.84. The average molecular weight is 440 g/mol. The molecule has 1 heterocycles. The summed E-state index contributed by atoms with van der Waals surface area (Å²) in [5.41, 5.74) is 0.899. The lowest BCUT2D eigenvalue weighted by molar-refractivity contribution is -0.131. The molecular formula is C17H14BrNO6S. The molecular weight excluding hydrogens is 426 g/mol. The maximum atomic E-state index is 12.6. The minimum Gasteiger partial charge on any atom is -0.486 e. The van der Waals surface area contributed by atoms with E-state index in [1.807, 2.05) is 0 Å². The maximum Gasteiger partial charge on any atom is 0.328 e. The highest BCUT2D eigenvalue weighted by Gasteiger charge is 2.19. The summed E-state index contributed by atoms with van der Waals surface area (Å²) in [5, 5.41) is 8.62. The fraction of sp³-hybridized carbons (Fsp3) is 0.118. The molecule has 3 rings (SSSR count). The number of carboxylic acid groups (broad SMARTS) is 1. The first-order valence-corrected chi connectivity index (χ1v) is 9.76. The number of nitrogens with one attached hydrogen (secondary N) is 1. The molecule has 2 N–H and O–H groups in total. The summed E-state index contributed by atoms with van der Waals surface area (Å²) in [6.45, 7) is 0.833. The highest BCUT2D eigenvalue weighted by Crippen LogP contribution is 2.38. The Hall–Kier alpha value is -2.52. The Morgan fingerprint density at radius 1 is 1.12 bits per heavy atom. The molecule has 0 saturated heterocycles. The largest absolute Gasteiger partial charge is 0.486 e. The molecule has 0 unspecified atom stereocenters. The van der Waals surface area contributed by atoms with Gasteiger partial charge in [0.1, 0.15) is 13.2 Å². The van der Waals surface area contributed by atoms with Gasteiger partial charge in [-0.05, 0) is 39.7 Å². The number of aliphatic carboxylic acids is 1. The van der Waals surface area contributed by atoms with Gasteiger partial charge in [0, 0.05) is 22.7 Å². The molecule has 9 heteroatoms. The Bertz CT molecular complexity index is 969. The zero-order chi connectivity index (χ0) is 18.7.